The van der Waals surface area contributed by atoms with E-state index in [-0.39, 0.29) is 6.09 Å². The monoisotopic (exact) mass is 369 g/mol. The Morgan fingerprint density at radius 3 is 2.44 bits per heavy atom. The molecule has 2 rings (SSSR count). The summed E-state index contributed by atoms with van der Waals surface area (Å²) in [4.78, 5) is 13.8. The molecular weight excluding hydrogens is 342 g/mol. The van der Waals surface area contributed by atoms with Gasteiger partial charge >= 0.3 is 16.2 Å². The maximum atomic E-state index is 12.1. The van der Waals surface area contributed by atoms with Crippen molar-refractivity contribution in [1.29, 1.82) is 0 Å². The summed E-state index contributed by atoms with van der Waals surface area (Å²) in [6, 6.07) is 7.16. The summed E-state index contributed by atoms with van der Waals surface area (Å²) >= 11 is 0. The predicted molar refractivity (Wildman–Crippen MR) is 96.1 cm³/mol. The van der Waals surface area contributed by atoms with Gasteiger partial charge in [0, 0.05) is 13.1 Å². The summed E-state index contributed by atoms with van der Waals surface area (Å²) in [5.41, 5.74) is 0.561. The molecule has 1 aliphatic rings. The molecular formula is C18H27NO5S. The maximum Gasteiger partial charge on any atom is 0.410 e. The number of piperidine rings is 1. The van der Waals surface area contributed by atoms with Crippen molar-refractivity contribution in [3.05, 3.63) is 29.8 Å². The van der Waals surface area contributed by atoms with Gasteiger partial charge in [-0.15, -0.1) is 0 Å². The molecule has 0 radical (unpaired) electrons. The fourth-order valence-electron chi connectivity index (χ4n) is 2.88. The fourth-order valence-corrected chi connectivity index (χ4v) is 3.33. The first kappa shape index (κ1) is 19.6. The number of carbonyl (C=O) groups excluding carboxylic acids is 1. The lowest BCUT2D eigenvalue weighted by Crippen LogP contribution is -2.42. The van der Waals surface area contributed by atoms with Gasteiger partial charge in [0.05, 0.1) is 6.26 Å². The molecule has 1 fully saturated rings. The van der Waals surface area contributed by atoms with Gasteiger partial charge in [-0.25, -0.2) is 4.79 Å². The van der Waals surface area contributed by atoms with E-state index in [2.05, 4.69) is 0 Å². The molecule has 7 heteroatoms. The van der Waals surface area contributed by atoms with Crippen molar-refractivity contribution < 1.29 is 22.1 Å². The summed E-state index contributed by atoms with van der Waals surface area (Å²) < 4.78 is 32.8. The number of carbonyl (C=O) groups is 1. The molecule has 0 unspecified atom stereocenters. The zero-order chi connectivity index (χ0) is 18.7. The van der Waals surface area contributed by atoms with E-state index in [0.29, 0.717) is 24.8 Å². The molecule has 1 aliphatic heterocycles. The van der Waals surface area contributed by atoms with Crippen LogP contribution in [0.4, 0.5) is 4.79 Å². The van der Waals surface area contributed by atoms with Crippen LogP contribution in [0.5, 0.6) is 5.75 Å². The average Bonchev–Trinajstić information content (AvgIpc) is 2.44. The van der Waals surface area contributed by atoms with Gasteiger partial charge in [0.2, 0.25) is 0 Å². The lowest BCUT2D eigenvalue weighted by Gasteiger charge is -2.33. The molecule has 25 heavy (non-hydrogen) atoms. The molecule has 0 bridgehead atoms. The Hall–Kier alpha value is -1.76. The van der Waals surface area contributed by atoms with E-state index in [1.54, 1.807) is 23.1 Å². The van der Waals surface area contributed by atoms with Crippen molar-refractivity contribution in [3.63, 3.8) is 0 Å². The van der Waals surface area contributed by atoms with Crippen LogP contribution in [0.3, 0.4) is 0 Å². The van der Waals surface area contributed by atoms with Crippen LogP contribution in [0.1, 0.15) is 39.2 Å². The van der Waals surface area contributed by atoms with Gasteiger partial charge in [0.1, 0.15) is 11.4 Å². The average molecular weight is 369 g/mol. The van der Waals surface area contributed by atoms with Gasteiger partial charge in [0.15, 0.2) is 0 Å². The molecule has 1 saturated heterocycles. The standard InChI is InChI=1S/C18H27NO5S/c1-18(2,3)23-17(20)19-10-8-14(9-11-19)12-15-6-5-7-16(13-15)24-25(4,21)22/h5-7,13-14H,8-12H2,1-4H3. The SMILES string of the molecule is CC(C)(C)OC(=O)N1CCC(Cc2cccc(OS(C)(=O)=O)c2)CC1. The summed E-state index contributed by atoms with van der Waals surface area (Å²) in [5, 5.41) is 0. The third-order valence-corrected chi connectivity index (χ3v) is 4.43. The van der Waals surface area contributed by atoms with Crippen LogP contribution in [0.25, 0.3) is 0 Å². The highest BCUT2D eigenvalue weighted by atomic mass is 32.2. The largest absolute Gasteiger partial charge is 0.444 e. The van der Waals surface area contributed by atoms with Crippen LogP contribution >= 0.6 is 0 Å². The summed E-state index contributed by atoms with van der Waals surface area (Å²) in [5.74, 6) is 0.790. The van der Waals surface area contributed by atoms with Crippen molar-refractivity contribution in [2.24, 2.45) is 5.92 Å². The molecule has 1 aromatic carbocycles. The summed E-state index contributed by atoms with van der Waals surface area (Å²) in [6.45, 7) is 6.95. The summed E-state index contributed by atoms with van der Waals surface area (Å²) in [6.07, 6.45) is 3.41. The van der Waals surface area contributed by atoms with E-state index >= 15 is 0 Å². The Morgan fingerprint density at radius 1 is 1.24 bits per heavy atom. The highest BCUT2D eigenvalue weighted by Gasteiger charge is 2.26. The zero-order valence-corrected chi connectivity index (χ0v) is 16.1. The van der Waals surface area contributed by atoms with Crippen LogP contribution < -0.4 is 4.18 Å². The number of nitrogens with zero attached hydrogens (tertiary/aromatic N) is 1. The number of likely N-dealkylation sites (tertiary alicyclic amines) is 1. The Labute approximate surface area is 150 Å². The first-order valence-electron chi connectivity index (χ1n) is 8.48. The lowest BCUT2D eigenvalue weighted by molar-refractivity contribution is 0.0184. The zero-order valence-electron chi connectivity index (χ0n) is 15.3. The highest BCUT2D eigenvalue weighted by molar-refractivity contribution is 7.86. The third kappa shape index (κ3) is 6.94. The van der Waals surface area contributed by atoms with E-state index in [4.69, 9.17) is 8.92 Å². The molecule has 1 amide bonds. The highest BCUT2D eigenvalue weighted by Crippen LogP contribution is 2.25. The quantitative estimate of drug-likeness (QED) is 0.762. The number of ether oxygens (including phenoxy) is 1. The van der Waals surface area contributed by atoms with Gasteiger partial charge in [0.25, 0.3) is 0 Å². The minimum Gasteiger partial charge on any atom is -0.444 e. The molecule has 1 heterocycles. The molecule has 1 aromatic rings. The second-order valence-electron chi connectivity index (χ2n) is 7.55. The lowest BCUT2D eigenvalue weighted by atomic mass is 9.90. The minimum absolute atomic E-state index is 0.255. The van der Waals surface area contributed by atoms with Gasteiger partial charge in [-0.3, -0.25) is 0 Å². The van der Waals surface area contributed by atoms with E-state index in [9.17, 15) is 13.2 Å². The van der Waals surface area contributed by atoms with Gasteiger partial charge in [-0.05, 0) is 63.6 Å². The summed E-state index contributed by atoms with van der Waals surface area (Å²) in [7, 11) is -3.52. The smallest absolute Gasteiger partial charge is 0.410 e. The van der Waals surface area contributed by atoms with Gasteiger partial charge < -0.3 is 13.8 Å². The Bertz CT molecular complexity index is 700. The molecule has 140 valence electrons. The number of hydrogen-bond donors (Lipinski definition) is 0. The van der Waals surface area contributed by atoms with E-state index < -0.39 is 15.7 Å². The normalized spacial score (nSPS) is 16.6. The topological polar surface area (TPSA) is 72.9 Å². The van der Waals surface area contributed by atoms with Crippen molar-refractivity contribution >= 4 is 16.2 Å². The predicted octanol–water partition coefficient (Wildman–Crippen LogP) is 3.21. The molecule has 0 N–H and O–H groups in total. The molecule has 6 nitrogen and oxygen atoms in total. The molecule has 0 saturated carbocycles. The fraction of sp³-hybridized carbons (Fsp3) is 0.611. The third-order valence-electron chi connectivity index (χ3n) is 3.94. The second kappa shape index (κ2) is 7.64. The van der Waals surface area contributed by atoms with Crippen LogP contribution in [-0.2, 0) is 21.3 Å². The maximum absolute atomic E-state index is 12.1. The number of hydrogen-bond acceptors (Lipinski definition) is 5. The number of rotatable bonds is 4. The van der Waals surface area contributed by atoms with Crippen LogP contribution in [-0.4, -0.2) is 44.4 Å². The Kier molecular flexibility index (Phi) is 5.98. The first-order chi connectivity index (χ1) is 11.5. The first-order valence-corrected chi connectivity index (χ1v) is 10.3. The van der Waals surface area contributed by atoms with Crippen molar-refractivity contribution in [1.82, 2.24) is 4.90 Å². The van der Waals surface area contributed by atoms with E-state index in [1.807, 2.05) is 26.8 Å². The molecule has 0 spiro atoms. The number of amides is 1. The Morgan fingerprint density at radius 2 is 1.88 bits per heavy atom. The van der Waals surface area contributed by atoms with Crippen LogP contribution in [0.15, 0.2) is 24.3 Å². The van der Waals surface area contributed by atoms with Gasteiger partial charge in [-0.2, -0.15) is 8.42 Å². The van der Waals surface area contributed by atoms with Crippen LogP contribution in [0.2, 0.25) is 0 Å². The number of benzene rings is 1. The second-order valence-corrected chi connectivity index (χ2v) is 9.12. The molecule has 0 aliphatic carbocycles. The van der Waals surface area contributed by atoms with E-state index in [1.165, 1.54) is 0 Å². The van der Waals surface area contributed by atoms with E-state index in [0.717, 1.165) is 31.1 Å². The molecule has 0 aromatic heterocycles. The van der Waals surface area contributed by atoms with Crippen molar-refractivity contribution in [2.75, 3.05) is 19.3 Å². The van der Waals surface area contributed by atoms with Gasteiger partial charge in [-0.1, -0.05) is 12.1 Å². The van der Waals surface area contributed by atoms with Crippen molar-refractivity contribution in [2.45, 2.75) is 45.6 Å². The Balaban J connectivity index is 1.88. The molecule has 0 atom stereocenters. The van der Waals surface area contributed by atoms with Crippen molar-refractivity contribution in [3.8, 4) is 5.75 Å². The van der Waals surface area contributed by atoms with Crippen LogP contribution in [0, 0.1) is 5.92 Å². The minimum atomic E-state index is -3.52.